The molecule has 0 aliphatic rings. The SMILES string of the molecule is CCNC(C)c1ccc(Oc2ccc(Cl)cc2)cc1. The second-order valence-corrected chi connectivity index (χ2v) is 4.84. The summed E-state index contributed by atoms with van der Waals surface area (Å²) in [6.45, 7) is 5.22. The van der Waals surface area contributed by atoms with Gasteiger partial charge in [0.15, 0.2) is 0 Å². The number of halogens is 1. The van der Waals surface area contributed by atoms with E-state index in [9.17, 15) is 0 Å². The maximum absolute atomic E-state index is 5.84. The van der Waals surface area contributed by atoms with Gasteiger partial charge in [0.25, 0.3) is 0 Å². The standard InChI is InChI=1S/C16H18ClNO/c1-3-18-12(2)13-4-8-15(9-5-13)19-16-10-6-14(17)7-11-16/h4-12,18H,3H2,1-2H3. The van der Waals surface area contributed by atoms with Gasteiger partial charge in [0.1, 0.15) is 11.5 Å². The van der Waals surface area contributed by atoms with Crippen molar-refractivity contribution in [3.8, 4) is 11.5 Å². The van der Waals surface area contributed by atoms with Gasteiger partial charge in [0.2, 0.25) is 0 Å². The number of rotatable bonds is 5. The predicted molar refractivity (Wildman–Crippen MR) is 80.1 cm³/mol. The molecule has 2 aromatic carbocycles. The third-order valence-electron chi connectivity index (χ3n) is 2.94. The van der Waals surface area contributed by atoms with Gasteiger partial charge in [-0.25, -0.2) is 0 Å². The summed E-state index contributed by atoms with van der Waals surface area (Å²) >= 11 is 5.84. The first-order valence-corrected chi connectivity index (χ1v) is 6.83. The molecular formula is C16H18ClNO. The van der Waals surface area contributed by atoms with Crippen LogP contribution in [0, 0.1) is 0 Å². The minimum atomic E-state index is 0.356. The average molecular weight is 276 g/mol. The fourth-order valence-corrected chi connectivity index (χ4v) is 2.01. The van der Waals surface area contributed by atoms with E-state index in [0.29, 0.717) is 11.1 Å². The zero-order chi connectivity index (χ0) is 13.7. The number of ether oxygens (including phenoxy) is 1. The highest BCUT2D eigenvalue weighted by Gasteiger charge is 2.04. The molecule has 0 aliphatic heterocycles. The summed E-state index contributed by atoms with van der Waals surface area (Å²) in [4.78, 5) is 0. The number of hydrogen-bond acceptors (Lipinski definition) is 2. The smallest absolute Gasteiger partial charge is 0.127 e. The molecule has 0 fully saturated rings. The molecule has 0 aromatic heterocycles. The molecule has 19 heavy (non-hydrogen) atoms. The highest BCUT2D eigenvalue weighted by Crippen LogP contribution is 2.24. The number of nitrogens with one attached hydrogen (secondary N) is 1. The Morgan fingerprint density at radius 1 is 1.00 bits per heavy atom. The quantitative estimate of drug-likeness (QED) is 0.846. The lowest BCUT2D eigenvalue weighted by Crippen LogP contribution is -2.17. The van der Waals surface area contributed by atoms with E-state index >= 15 is 0 Å². The summed E-state index contributed by atoms with van der Waals surface area (Å²) < 4.78 is 5.75. The first kappa shape index (κ1) is 13.9. The fourth-order valence-electron chi connectivity index (χ4n) is 1.89. The fraction of sp³-hybridized carbons (Fsp3) is 0.250. The molecule has 0 heterocycles. The summed E-state index contributed by atoms with van der Waals surface area (Å²) in [6, 6.07) is 15.8. The first-order chi connectivity index (χ1) is 9.19. The average Bonchev–Trinajstić information content (AvgIpc) is 2.42. The van der Waals surface area contributed by atoms with Crippen LogP contribution in [0.25, 0.3) is 0 Å². The van der Waals surface area contributed by atoms with Crippen molar-refractivity contribution in [1.29, 1.82) is 0 Å². The molecule has 0 saturated carbocycles. The third kappa shape index (κ3) is 3.98. The Hall–Kier alpha value is -1.51. The van der Waals surface area contributed by atoms with Crippen LogP contribution in [-0.4, -0.2) is 6.54 Å². The Labute approximate surface area is 119 Å². The van der Waals surface area contributed by atoms with E-state index in [-0.39, 0.29) is 0 Å². The van der Waals surface area contributed by atoms with Gasteiger partial charge in [-0.2, -0.15) is 0 Å². The summed E-state index contributed by atoms with van der Waals surface area (Å²) in [5.74, 6) is 1.62. The van der Waals surface area contributed by atoms with Crippen LogP contribution in [0.1, 0.15) is 25.5 Å². The molecule has 2 nitrogen and oxygen atoms in total. The van der Waals surface area contributed by atoms with E-state index in [1.54, 1.807) is 0 Å². The molecule has 0 bridgehead atoms. The Morgan fingerprint density at radius 2 is 1.53 bits per heavy atom. The molecule has 2 aromatic rings. The van der Waals surface area contributed by atoms with E-state index in [1.165, 1.54) is 5.56 Å². The Balaban J connectivity index is 2.04. The molecule has 0 spiro atoms. The molecule has 0 radical (unpaired) electrons. The van der Waals surface area contributed by atoms with Gasteiger partial charge in [-0.3, -0.25) is 0 Å². The molecule has 100 valence electrons. The Bertz CT molecular complexity index is 507. The zero-order valence-corrected chi connectivity index (χ0v) is 11.9. The van der Waals surface area contributed by atoms with E-state index in [2.05, 4.69) is 31.3 Å². The van der Waals surface area contributed by atoms with Crippen molar-refractivity contribution in [2.24, 2.45) is 0 Å². The lowest BCUT2D eigenvalue weighted by molar-refractivity contribution is 0.482. The van der Waals surface area contributed by atoms with Crippen LogP contribution in [0.3, 0.4) is 0 Å². The lowest BCUT2D eigenvalue weighted by Gasteiger charge is -2.13. The molecule has 0 amide bonds. The van der Waals surface area contributed by atoms with Gasteiger partial charge < -0.3 is 10.1 Å². The van der Waals surface area contributed by atoms with Crippen LogP contribution in [0.4, 0.5) is 0 Å². The molecule has 0 aliphatic carbocycles. The molecule has 0 saturated heterocycles. The summed E-state index contributed by atoms with van der Waals surface area (Å²) in [6.07, 6.45) is 0. The monoisotopic (exact) mass is 275 g/mol. The van der Waals surface area contributed by atoms with E-state index in [4.69, 9.17) is 16.3 Å². The van der Waals surface area contributed by atoms with Crippen LogP contribution in [-0.2, 0) is 0 Å². The minimum absolute atomic E-state index is 0.356. The summed E-state index contributed by atoms with van der Waals surface area (Å²) in [5, 5.41) is 4.09. The van der Waals surface area contributed by atoms with E-state index < -0.39 is 0 Å². The molecule has 1 N–H and O–H groups in total. The van der Waals surface area contributed by atoms with Crippen molar-refractivity contribution in [1.82, 2.24) is 5.32 Å². The van der Waals surface area contributed by atoms with Gasteiger partial charge in [-0.05, 0) is 55.4 Å². The highest BCUT2D eigenvalue weighted by atomic mass is 35.5. The second-order valence-electron chi connectivity index (χ2n) is 4.40. The second kappa shape index (κ2) is 6.60. The maximum atomic E-state index is 5.84. The summed E-state index contributed by atoms with van der Waals surface area (Å²) in [7, 11) is 0. The summed E-state index contributed by atoms with van der Waals surface area (Å²) in [5.41, 5.74) is 1.25. The van der Waals surface area contributed by atoms with E-state index in [1.807, 2.05) is 36.4 Å². The molecular weight excluding hydrogens is 258 g/mol. The minimum Gasteiger partial charge on any atom is -0.457 e. The maximum Gasteiger partial charge on any atom is 0.127 e. The normalized spacial score (nSPS) is 12.2. The lowest BCUT2D eigenvalue weighted by atomic mass is 10.1. The Morgan fingerprint density at radius 3 is 2.05 bits per heavy atom. The first-order valence-electron chi connectivity index (χ1n) is 6.46. The number of benzene rings is 2. The van der Waals surface area contributed by atoms with Crippen LogP contribution in [0.5, 0.6) is 11.5 Å². The van der Waals surface area contributed by atoms with Gasteiger partial charge in [-0.15, -0.1) is 0 Å². The topological polar surface area (TPSA) is 21.3 Å². The zero-order valence-electron chi connectivity index (χ0n) is 11.2. The molecule has 3 heteroatoms. The van der Waals surface area contributed by atoms with Gasteiger partial charge in [-0.1, -0.05) is 30.7 Å². The van der Waals surface area contributed by atoms with Gasteiger partial charge in [0, 0.05) is 11.1 Å². The van der Waals surface area contributed by atoms with E-state index in [0.717, 1.165) is 18.0 Å². The van der Waals surface area contributed by atoms with Crippen molar-refractivity contribution in [3.05, 3.63) is 59.1 Å². The molecule has 1 atom stereocenters. The van der Waals surface area contributed by atoms with Crippen LogP contribution in [0.15, 0.2) is 48.5 Å². The predicted octanol–water partition coefficient (Wildman–Crippen LogP) is 4.80. The van der Waals surface area contributed by atoms with Crippen molar-refractivity contribution in [2.45, 2.75) is 19.9 Å². The van der Waals surface area contributed by atoms with Crippen molar-refractivity contribution < 1.29 is 4.74 Å². The van der Waals surface area contributed by atoms with Crippen molar-refractivity contribution in [3.63, 3.8) is 0 Å². The number of hydrogen-bond donors (Lipinski definition) is 1. The van der Waals surface area contributed by atoms with Crippen LogP contribution >= 0.6 is 11.6 Å². The van der Waals surface area contributed by atoms with Gasteiger partial charge >= 0.3 is 0 Å². The third-order valence-corrected chi connectivity index (χ3v) is 3.19. The highest BCUT2D eigenvalue weighted by molar-refractivity contribution is 6.30. The molecule has 2 rings (SSSR count). The van der Waals surface area contributed by atoms with Crippen molar-refractivity contribution in [2.75, 3.05) is 6.54 Å². The van der Waals surface area contributed by atoms with Crippen LogP contribution in [0.2, 0.25) is 5.02 Å². The van der Waals surface area contributed by atoms with Crippen LogP contribution < -0.4 is 10.1 Å². The Kier molecular flexibility index (Phi) is 4.83. The van der Waals surface area contributed by atoms with Crippen molar-refractivity contribution >= 4 is 11.6 Å². The largest absolute Gasteiger partial charge is 0.457 e. The molecule has 1 unspecified atom stereocenters. The van der Waals surface area contributed by atoms with Gasteiger partial charge in [0.05, 0.1) is 0 Å².